The monoisotopic (exact) mass is 231 g/mol. The lowest BCUT2D eigenvalue weighted by Gasteiger charge is -2.04. The van der Waals surface area contributed by atoms with Crippen LogP contribution in [0.25, 0.3) is 5.65 Å². The fourth-order valence-electron chi connectivity index (χ4n) is 1.78. The van der Waals surface area contributed by atoms with Crippen molar-refractivity contribution < 1.29 is 4.79 Å². The van der Waals surface area contributed by atoms with Crippen LogP contribution in [0, 0.1) is 5.92 Å². The molecule has 0 spiro atoms. The van der Waals surface area contributed by atoms with Gasteiger partial charge in [0.1, 0.15) is 5.82 Å². The maximum absolute atomic E-state index is 11.2. The van der Waals surface area contributed by atoms with Gasteiger partial charge in [-0.1, -0.05) is 0 Å². The molecule has 0 radical (unpaired) electrons. The third kappa shape index (κ3) is 1.82. The molecule has 2 aromatic heterocycles. The largest absolute Gasteiger partial charge is 0.368 e. The van der Waals surface area contributed by atoms with Gasteiger partial charge in [-0.3, -0.25) is 4.79 Å². The number of nitrogens with zero attached hydrogens (tertiary/aromatic N) is 3. The van der Waals surface area contributed by atoms with Gasteiger partial charge in [-0.2, -0.15) is 9.61 Å². The van der Waals surface area contributed by atoms with Crippen molar-refractivity contribution in [3.05, 3.63) is 24.0 Å². The summed E-state index contributed by atoms with van der Waals surface area (Å²) in [5.74, 6) is 1.08. The lowest BCUT2D eigenvalue weighted by Crippen LogP contribution is -2.14. The molecule has 0 atom stereocenters. The van der Waals surface area contributed by atoms with Crippen LogP contribution in [0.1, 0.15) is 23.2 Å². The van der Waals surface area contributed by atoms with Crippen molar-refractivity contribution in [2.45, 2.75) is 12.8 Å². The number of amides is 1. The van der Waals surface area contributed by atoms with Crippen molar-refractivity contribution in [1.29, 1.82) is 0 Å². The van der Waals surface area contributed by atoms with Crippen molar-refractivity contribution in [2.75, 3.05) is 11.9 Å². The highest BCUT2D eigenvalue weighted by Gasteiger charge is 2.21. The molecule has 1 amide bonds. The SMILES string of the molecule is NC(=O)c1ccnn2c(NCC3CC3)cnc12. The van der Waals surface area contributed by atoms with Gasteiger partial charge in [-0.15, -0.1) is 0 Å². The number of nitrogens with two attached hydrogens (primary N) is 1. The first-order chi connectivity index (χ1) is 8.25. The number of primary amides is 1. The molecule has 2 heterocycles. The zero-order valence-electron chi connectivity index (χ0n) is 9.26. The number of anilines is 1. The molecule has 88 valence electrons. The quantitative estimate of drug-likeness (QED) is 0.809. The fraction of sp³-hybridized carbons (Fsp3) is 0.364. The summed E-state index contributed by atoms with van der Waals surface area (Å²) in [5.41, 5.74) is 6.17. The summed E-state index contributed by atoms with van der Waals surface area (Å²) in [5, 5.41) is 7.45. The molecule has 2 aromatic rings. The number of carbonyl (C=O) groups excluding carboxylic acids is 1. The minimum atomic E-state index is -0.489. The fourth-order valence-corrected chi connectivity index (χ4v) is 1.78. The van der Waals surface area contributed by atoms with Crippen LogP contribution in [0.2, 0.25) is 0 Å². The molecule has 1 fully saturated rings. The maximum Gasteiger partial charge on any atom is 0.252 e. The Morgan fingerprint density at radius 2 is 2.41 bits per heavy atom. The van der Waals surface area contributed by atoms with Gasteiger partial charge in [0.2, 0.25) is 0 Å². The molecule has 6 nitrogen and oxygen atoms in total. The van der Waals surface area contributed by atoms with Crippen molar-refractivity contribution in [3.8, 4) is 0 Å². The summed E-state index contributed by atoms with van der Waals surface area (Å²) in [6.07, 6.45) is 5.79. The molecular weight excluding hydrogens is 218 g/mol. The molecule has 6 heteroatoms. The molecule has 0 bridgehead atoms. The Hall–Kier alpha value is -2.11. The van der Waals surface area contributed by atoms with Gasteiger partial charge >= 0.3 is 0 Å². The van der Waals surface area contributed by atoms with Crippen LogP contribution in [0.3, 0.4) is 0 Å². The number of rotatable bonds is 4. The van der Waals surface area contributed by atoms with Crippen LogP contribution in [0.4, 0.5) is 5.82 Å². The van der Waals surface area contributed by atoms with Gasteiger partial charge in [-0.05, 0) is 24.8 Å². The maximum atomic E-state index is 11.2. The van der Waals surface area contributed by atoms with Crippen LogP contribution in [-0.4, -0.2) is 27.0 Å². The Balaban J connectivity index is 1.96. The Morgan fingerprint density at radius 3 is 3.12 bits per heavy atom. The normalized spacial score (nSPS) is 15.1. The topological polar surface area (TPSA) is 85.3 Å². The van der Waals surface area contributed by atoms with E-state index in [1.807, 2.05) is 0 Å². The molecule has 0 saturated heterocycles. The van der Waals surface area contributed by atoms with Crippen molar-refractivity contribution in [2.24, 2.45) is 11.7 Å². The Morgan fingerprint density at radius 1 is 1.59 bits per heavy atom. The van der Waals surface area contributed by atoms with E-state index in [1.165, 1.54) is 12.8 Å². The van der Waals surface area contributed by atoms with Crippen LogP contribution in [-0.2, 0) is 0 Å². The molecule has 3 N–H and O–H groups in total. The Bertz CT molecular complexity index is 572. The first kappa shape index (κ1) is 10.1. The zero-order valence-corrected chi connectivity index (χ0v) is 9.26. The molecule has 1 aliphatic carbocycles. The standard InChI is InChI=1S/C11H13N5O/c12-10(17)8-3-4-15-16-9(6-14-11(8)16)13-5-7-1-2-7/h3-4,6-7,13H,1-2,5H2,(H2,12,17). The smallest absolute Gasteiger partial charge is 0.252 e. The minimum absolute atomic E-state index is 0.388. The second-order valence-electron chi connectivity index (χ2n) is 4.31. The molecule has 1 saturated carbocycles. The Kier molecular flexibility index (Phi) is 2.21. The average Bonchev–Trinajstić information content (AvgIpc) is 3.06. The number of imidazole rings is 1. The predicted molar refractivity (Wildman–Crippen MR) is 62.7 cm³/mol. The molecule has 3 rings (SSSR count). The van der Waals surface area contributed by atoms with E-state index in [1.54, 1.807) is 23.0 Å². The van der Waals surface area contributed by atoms with E-state index in [0.717, 1.165) is 18.3 Å². The highest BCUT2D eigenvalue weighted by molar-refractivity contribution is 5.98. The third-order valence-corrected chi connectivity index (χ3v) is 2.94. The van der Waals surface area contributed by atoms with Crippen LogP contribution in [0.5, 0.6) is 0 Å². The molecule has 0 unspecified atom stereocenters. The summed E-state index contributed by atoms with van der Waals surface area (Å²) in [4.78, 5) is 15.4. The summed E-state index contributed by atoms with van der Waals surface area (Å²) in [6.45, 7) is 0.927. The van der Waals surface area contributed by atoms with E-state index >= 15 is 0 Å². The summed E-state index contributed by atoms with van der Waals surface area (Å²) in [7, 11) is 0. The molecule has 17 heavy (non-hydrogen) atoms. The summed E-state index contributed by atoms with van der Waals surface area (Å²) < 4.78 is 1.61. The molecular formula is C11H13N5O. The predicted octanol–water partition coefficient (Wildman–Crippen LogP) is 0.650. The van der Waals surface area contributed by atoms with E-state index in [0.29, 0.717) is 11.2 Å². The highest BCUT2D eigenvalue weighted by atomic mass is 16.1. The van der Waals surface area contributed by atoms with Gasteiger partial charge in [0.05, 0.1) is 11.8 Å². The van der Waals surface area contributed by atoms with E-state index in [9.17, 15) is 4.79 Å². The lowest BCUT2D eigenvalue weighted by molar-refractivity contribution is 0.100. The van der Waals surface area contributed by atoms with E-state index in [-0.39, 0.29) is 0 Å². The van der Waals surface area contributed by atoms with Gasteiger partial charge in [0.25, 0.3) is 5.91 Å². The van der Waals surface area contributed by atoms with Crippen molar-refractivity contribution in [3.63, 3.8) is 0 Å². The van der Waals surface area contributed by atoms with Crippen molar-refractivity contribution >= 4 is 17.4 Å². The summed E-state index contributed by atoms with van der Waals surface area (Å²) in [6, 6.07) is 1.58. The second-order valence-corrected chi connectivity index (χ2v) is 4.31. The molecule has 1 aliphatic rings. The van der Waals surface area contributed by atoms with Crippen LogP contribution < -0.4 is 11.1 Å². The molecule has 0 aliphatic heterocycles. The number of hydrogen-bond donors (Lipinski definition) is 2. The first-order valence-corrected chi connectivity index (χ1v) is 5.62. The third-order valence-electron chi connectivity index (χ3n) is 2.94. The highest BCUT2D eigenvalue weighted by Crippen LogP contribution is 2.29. The van der Waals surface area contributed by atoms with Gasteiger partial charge in [-0.25, -0.2) is 4.98 Å². The number of nitrogens with one attached hydrogen (secondary N) is 1. The van der Waals surface area contributed by atoms with Gasteiger partial charge < -0.3 is 11.1 Å². The van der Waals surface area contributed by atoms with Crippen LogP contribution >= 0.6 is 0 Å². The summed E-state index contributed by atoms with van der Waals surface area (Å²) >= 11 is 0. The minimum Gasteiger partial charge on any atom is -0.368 e. The van der Waals surface area contributed by atoms with E-state index in [4.69, 9.17) is 5.73 Å². The van der Waals surface area contributed by atoms with Crippen LogP contribution in [0.15, 0.2) is 18.5 Å². The lowest BCUT2D eigenvalue weighted by atomic mass is 10.3. The van der Waals surface area contributed by atoms with Gasteiger partial charge in [0.15, 0.2) is 5.65 Å². The molecule has 0 aromatic carbocycles. The number of aromatic nitrogens is 3. The zero-order chi connectivity index (χ0) is 11.8. The van der Waals surface area contributed by atoms with Gasteiger partial charge in [0, 0.05) is 12.7 Å². The van der Waals surface area contributed by atoms with Crippen molar-refractivity contribution in [1.82, 2.24) is 14.6 Å². The first-order valence-electron chi connectivity index (χ1n) is 5.62. The Labute approximate surface area is 97.8 Å². The average molecular weight is 231 g/mol. The number of hydrogen-bond acceptors (Lipinski definition) is 4. The second kappa shape index (κ2) is 3.73. The van der Waals surface area contributed by atoms with E-state index < -0.39 is 5.91 Å². The van der Waals surface area contributed by atoms with E-state index in [2.05, 4.69) is 15.4 Å². The number of fused-ring (bicyclic) bond motifs is 1. The number of carbonyl (C=O) groups is 1.